The van der Waals surface area contributed by atoms with Gasteiger partial charge in [-0.15, -0.1) is 0 Å². The Labute approximate surface area is 116 Å². The molecule has 0 saturated carbocycles. The second-order valence-corrected chi connectivity index (χ2v) is 4.43. The van der Waals surface area contributed by atoms with Gasteiger partial charge < -0.3 is 5.32 Å². The SMILES string of the molecule is Cc1ccccc1C(=O)Nc1ccccc1C(=O)Cl. The third kappa shape index (κ3) is 3.01. The van der Waals surface area contributed by atoms with Crippen molar-refractivity contribution < 1.29 is 9.59 Å². The van der Waals surface area contributed by atoms with E-state index in [1.165, 1.54) is 0 Å². The van der Waals surface area contributed by atoms with Gasteiger partial charge in [0.15, 0.2) is 0 Å². The number of amides is 1. The van der Waals surface area contributed by atoms with Crippen LogP contribution < -0.4 is 5.32 Å². The summed E-state index contributed by atoms with van der Waals surface area (Å²) in [5.74, 6) is -0.261. The fourth-order valence-corrected chi connectivity index (χ4v) is 1.95. The fraction of sp³-hybridized carbons (Fsp3) is 0.0667. The van der Waals surface area contributed by atoms with Crippen LogP contribution in [0.2, 0.25) is 0 Å². The average Bonchev–Trinajstić information content (AvgIpc) is 2.39. The maximum absolute atomic E-state index is 12.1. The summed E-state index contributed by atoms with van der Waals surface area (Å²) >= 11 is 5.48. The molecule has 2 aromatic rings. The normalized spacial score (nSPS) is 10.0. The minimum Gasteiger partial charge on any atom is -0.321 e. The molecular weight excluding hydrogens is 262 g/mol. The van der Waals surface area contributed by atoms with Gasteiger partial charge in [-0.2, -0.15) is 0 Å². The molecule has 1 N–H and O–H groups in total. The highest BCUT2D eigenvalue weighted by Gasteiger charge is 2.13. The van der Waals surface area contributed by atoms with Gasteiger partial charge in [0, 0.05) is 5.56 Å². The Balaban J connectivity index is 2.30. The topological polar surface area (TPSA) is 46.2 Å². The molecule has 1 amide bonds. The van der Waals surface area contributed by atoms with Crippen molar-refractivity contribution in [2.24, 2.45) is 0 Å². The molecule has 0 heterocycles. The van der Waals surface area contributed by atoms with Gasteiger partial charge in [0.05, 0.1) is 11.3 Å². The minimum absolute atomic E-state index is 0.261. The average molecular weight is 274 g/mol. The number of carbonyl (C=O) groups excluding carboxylic acids is 2. The van der Waals surface area contributed by atoms with E-state index in [1.807, 2.05) is 19.1 Å². The van der Waals surface area contributed by atoms with Crippen molar-refractivity contribution in [3.8, 4) is 0 Å². The molecule has 0 aliphatic rings. The number of carbonyl (C=O) groups is 2. The summed E-state index contributed by atoms with van der Waals surface area (Å²) in [6.45, 7) is 1.85. The molecule has 0 aromatic heterocycles. The number of anilines is 1. The Bertz CT molecular complexity index is 638. The lowest BCUT2D eigenvalue weighted by Gasteiger charge is -2.09. The third-order valence-corrected chi connectivity index (χ3v) is 2.98. The second-order valence-electron chi connectivity index (χ2n) is 4.09. The summed E-state index contributed by atoms with van der Waals surface area (Å²) in [6.07, 6.45) is 0. The van der Waals surface area contributed by atoms with Gasteiger partial charge in [0.25, 0.3) is 11.1 Å². The van der Waals surface area contributed by atoms with E-state index in [-0.39, 0.29) is 11.5 Å². The van der Waals surface area contributed by atoms with Crippen molar-refractivity contribution in [1.29, 1.82) is 0 Å². The highest BCUT2D eigenvalue weighted by Crippen LogP contribution is 2.19. The molecule has 3 nitrogen and oxygen atoms in total. The summed E-state index contributed by atoms with van der Waals surface area (Å²) in [7, 11) is 0. The predicted molar refractivity (Wildman–Crippen MR) is 75.8 cm³/mol. The Morgan fingerprint density at radius 2 is 1.53 bits per heavy atom. The number of nitrogens with one attached hydrogen (secondary N) is 1. The smallest absolute Gasteiger partial charge is 0.255 e. The van der Waals surface area contributed by atoms with Crippen LogP contribution in [0.3, 0.4) is 0 Å². The van der Waals surface area contributed by atoms with Crippen LogP contribution in [0.4, 0.5) is 5.69 Å². The van der Waals surface area contributed by atoms with E-state index in [2.05, 4.69) is 5.32 Å². The Hall–Kier alpha value is -2.13. The molecule has 0 fully saturated rings. The molecule has 0 aliphatic carbocycles. The van der Waals surface area contributed by atoms with Crippen molar-refractivity contribution in [3.05, 3.63) is 65.2 Å². The maximum atomic E-state index is 12.1. The Morgan fingerprint density at radius 3 is 2.16 bits per heavy atom. The number of halogens is 1. The van der Waals surface area contributed by atoms with E-state index < -0.39 is 5.24 Å². The Kier molecular flexibility index (Phi) is 3.97. The van der Waals surface area contributed by atoms with Crippen LogP contribution in [0.15, 0.2) is 48.5 Å². The Morgan fingerprint density at radius 1 is 0.947 bits per heavy atom. The fourth-order valence-electron chi connectivity index (χ4n) is 1.78. The van der Waals surface area contributed by atoms with Crippen LogP contribution in [0.25, 0.3) is 0 Å². The lowest BCUT2D eigenvalue weighted by atomic mass is 10.1. The summed E-state index contributed by atoms with van der Waals surface area (Å²) in [5.41, 5.74) is 2.14. The zero-order chi connectivity index (χ0) is 13.8. The van der Waals surface area contributed by atoms with Crippen LogP contribution in [0.5, 0.6) is 0 Å². The highest BCUT2D eigenvalue weighted by atomic mass is 35.5. The number of hydrogen-bond acceptors (Lipinski definition) is 2. The van der Waals surface area contributed by atoms with Crippen LogP contribution in [0.1, 0.15) is 26.3 Å². The van der Waals surface area contributed by atoms with Gasteiger partial charge in [0.2, 0.25) is 0 Å². The van der Waals surface area contributed by atoms with Crippen molar-refractivity contribution in [3.63, 3.8) is 0 Å². The standard InChI is InChI=1S/C15H12ClNO2/c1-10-6-2-3-7-11(10)15(19)17-13-9-5-4-8-12(13)14(16)18/h2-9H,1H3,(H,17,19). The molecule has 0 radical (unpaired) electrons. The maximum Gasteiger partial charge on any atom is 0.255 e. The first-order chi connectivity index (χ1) is 9.09. The van der Waals surface area contributed by atoms with Crippen molar-refractivity contribution in [1.82, 2.24) is 0 Å². The number of para-hydroxylation sites is 1. The zero-order valence-electron chi connectivity index (χ0n) is 10.3. The zero-order valence-corrected chi connectivity index (χ0v) is 11.1. The molecule has 0 aliphatic heterocycles. The van der Waals surface area contributed by atoms with E-state index in [1.54, 1.807) is 36.4 Å². The highest BCUT2D eigenvalue weighted by molar-refractivity contribution is 6.68. The first-order valence-corrected chi connectivity index (χ1v) is 6.13. The molecule has 0 saturated heterocycles. The largest absolute Gasteiger partial charge is 0.321 e. The van der Waals surface area contributed by atoms with Gasteiger partial charge in [-0.25, -0.2) is 0 Å². The first kappa shape index (κ1) is 13.3. The van der Waals surface area contributed by atoms with E-state index in [0.717, 1.165) is 5.56 Å². The van der Waals surface area contributed by atoms with Crippen LogP contribution >= 0.6 is 11.6 Å². The number of aryl methyl sites for hydroxylation is 1. The summed E-state index contributed by atoms with van der Waals surface area (Å²) in [6, 6.07) is 13.9. The number of benzene rings is 2. The monoisotopic (exact) mass is 273 g/mol. The van der Waals surface area contributed by atoms with Gasteiger partial charge in [-0.05, 0) is 42.3 Å². The van der Waals surface area contributed by atoms with Crippen LogP contribution in [-0.2, 0) is 0 Å². The van der Waals surface area contributed by atoms with E-state index in [4.69, 9.17) is 11.6 Å². The predicted octanol–water partition coefficient (Wildman–Crippen LogP) is 3.63. The van der Waals surface area contributed by atoms with Gasteiger partial charge >= 0.3 is 0 Å². The van der Waals surface area contributed by atoms with Crippen LogP contribution in [-0.4, -0.2) is 11.1 Å². The number of hydrogen-bond donors (Lipinski definition) is 1. The van der Waals surface area contributed by atoms with E-state index in [0.29, 0.717) is 11.3 Å². The quantitative estimate of drug-likeness (QED) is 0.868. The third-order valence-electron chi connectivity index (χ3n) is 2.78. The first-order valence-electron chi connectivity index (χ1n) is 5.75. The molecule has 0 spiro atoms. The van der Waals surface area contributed by atoms with Gasteiger partial charge in [0.1, 0.15) is 0 Å². The molecule has 2 aromatic carbocycles. The number of rotatable bonds is 3. The molecule has 4 heteroatoms. The van der Waals surface area contributed by atoms with Gasteiger partial charge in [-0.3, -0.25) is 9.59 Å². The van der Waals surface area contributed by atoms with E-state index >= 15 is 0 Å². The summed E-state index contributed by atoms with van der Waals surface area (Å²) in [5, 5.41) is 2.11. The van der Waals surface area contributed by atoms with Gasteiger partial charge in [-0.1, -0.05) is 30.3 Å². The minimum atomic E-state index is -0.597. The molecular formula is C15H12ClNO2. The van der Waals surface area contributed by atoms with E-state index in [9.17, 15) is 9.59 Å². The lowest BCUT2D eigenvalue weighted by molar-refractivity contribution is 0.102. The van der Waals surface area contributed by atoms with Crippen molar-refractivity contribution in [2.45, 2.75) is 6.92 Å². The van der Waals surface area contributed by atoms with Crippen LogP contribution in [0, 0.1) is 6.92 Å². The molecule has 0 bridgehead atoms. The molecule has 0 unspecified atom stereocenters. The van der Waals surface area contributed by atoms with Crippen molar-refractivity contribution in [2.75, 3.05) is 5.32 Å². The molecule has 2 rings (SSSR count). The summed E-state index contributed by atoms with van der Waals surface area (Å²) < 4.78 is 0. The lowest BCUT2D eigenvalue weighted by Crippen LogP contribution is -2.15. The second kappa shape index (κ2) is 5.67. The van der Waals surface area contributed by atoms with Crippen molar-refractivity contribution >= 4 is 28.4 Å². The molecule has 0 atom stereocenters. The molecule has 19 heavy (non-hydrogen) atoms. The molecule has 96 valence electrons. The summed E-state index contributed by atoms with van der Waals surface area (Å²) in [4.78, 5) is 23.4.